The molecule has 1 unspecified atom stereocenters. The first kappa shape index (κ1) is 12.2. The molecule has 17 heavy (non-hydrogen) atoms. The van der Waals surface area contributed by atoms with Gasteiger partial charge in [-0.3, -0.25) is 0 Å². The van der Waals surface area contributed by atoms with Gasteiger partial charge in [-0.25, -0.2) is 4.98 Å². The number of unbranched alkanes of at least 4 members (excludes halogenated alkanes) is 1. The monoisotopic (exact) mass is 230 g/mol. The molecule has 0 amide bonds. The molecule has 1 heterocycles. The van der Waals surface area contributed by atoms with Crippen LogP contribution in [0.4, 0.5) is 0 Å². The summed E-state index contributed by atoms with van der Waals surface area (Å²) in [5, 5.41) is 0. The Morgan fingerprint density at radius 1 is 1.24 bits per heavy atom. The Morgan fingerprint density at radius 3 is 2.65 bits per heavy atom. The fraction of sp³-hybridized carbons (Fsp3) is 0.533. The van der Waals surface area contributed by atoms with Gasteiger partial charge in [0.1, 0.15) is 5.82 Å². The Kier molecular flexibility index (Phi) is 3.51. The first-order chi connectivity index (χ1) is 8.11. The highest BCUT2D eigenvalue weighted by atomic mass is 14.9. The van der Waals surface area contributed by atoms with Crippen molar-refractivity contribution < 1.29 is 0 Å². The summed E-state index contributed by atoms with van der Waals surface area (Å²) in [6.45, 7) is 8.78. The fourth-order valence-corrected chi connectivity index (χ4v) is 2.17. The number of H-pyrrole nitrogens is 1. The first-order valence-corrected chi connectivity index (χ1v) is 6.58. The summed E-state index contributed by atoms with van der Waals surface area (Å²) in [7, 11) is 0. The van der Waals surface area contributed by atoms with Gasteiger partial charge in [0, 0.05) is 5.92 Å². The fourth-order valence-electron chi connectivity index (χ4n) is 2.17. The van der Waals surface area contributed by atoms with E-state index in [2.05, 4.69) is 44.8 Å². The van der Waals surface area contributed by atoms with E-state index >= 15 is 0 Å². The second-order valence-corrected chi connectivity index (χ2v) is 5.12. The zero-order chi connectivity index (χ0) is 12.4. The predicted octanol–water partition coefficient (Wildman–Crippen LogP) is 4.47. The summed E-state index contributed by atoms with van der Waals surface area (Å²) < 4.78 is 0. The van der Waals surface area contributed by atoms with E-state index in [0.717, 1.165) is 11.3 Å². The number of rotatable bonds is 4. The van der Waals surface area contributed by atoms with Crippen LogP contribution in [0.5, 0.6) is 0 Å². The standard InChI is InChI=1S/C15H22N2/c1-5-6-7-10(2)15-16-13-8-11(3)12(4)9-14(13)17-15/h8-10H,5-7H2,1-4H3,(H,16,17). The second kappa shape index (κ2) is 4.91. The molecule has 0 fully saturated rings. The Hall–Kier alpha value is -1.31. The van der Waals surface area contributed by atoms with Crippen LogP contribution in [0.2, 0.25) is 0 Å². The number of nitrogens with one attached hydrogen (secondary N) is 1. The Balaban J connectivity index is 2.31. The smallest absolute Gasteiger partial charge is 0.110 e. The SMILES string of the molecule is CCCCC(C)c1nc2cc(C)c(C)cc2[nH]1. The minimum Gasteiger partial charge on any atom is -0.342 e. The third kappa shape index (κ3) is 2.51. The number of aromatic amines is 1. The van der Waals surface area contributed by atoms with Crippen LogP contribution in [0.3, 0.4) is 0 Å². The van der Waals surface area contributed by atoms with E-state index in [1.807, 2.05) is 0 Å². The van der Waals surface area contributed by atoms with Gasteiger partial charge >= 0.3 is 0 Å². The zero-order valence-corrected chi connectivity index (χ0v) is 11.3. The molecule has 2 nitrogen and oxygen atoms in total. The van der Waals surface area contributed by atoms with E-state index in [1.54, 1.807) is 0 Å². The molecule has 0 aliphatic heterocycles. The molecule has 92 valence electrons. The molecule has 2 rings (SSSR count). The molecular formula is C15H22N2. The highest BCUT2D eigenvalue weighted by Gasteiger charge is 2.10. The van der Waals surface area contributed by atoms with Crippen LogP contribution in [0.15, 0.2) is 12.1 Å². The lowest BCUT2D eigenvalue weighted by atomic mass is 10.0. The second-order valence-electron chi connectivity index (χ2n) is 5.12. The minimum absolute atomic E-state index is 0.531. The molecule has 2 aromatic rings. The zero-order valence-electron chi connectivity index (χ0n) is 11.3. The Morgan fingerprint density at radius 2 is 1.94 bits per heavy atom. The minimum atomic E-state index is 0.531. The number of imidazole rings is 1. The molecule has 1 aromatic carbocycles. The lowest BCUT2D eigenvalue weighted by Crippen LogP contribution is -1.95. The maximum atomic E-state index is 4.71. The number of fused-ring (bicyclic) bond motifs is 1. The summed E-state index contributed by atoms with van der Waals surface area (Å²) in [5.74, 6) is 1.67. The highest BCUT2D eigenvalue weighted by Crippen LogP contribution is 2.23. The van der Waals surface area contributed by atoms with E-state index in [-0.39, 0.29) is 0 Å². The van der Waals surface area contributed by atoms with E-state index in [0.29, 0.717) is 5.92 Å². The van der Waals surface area contributed by atoms with E-state index in [4.69, 9.17) is 4.98 Å². The molecule has 0 aliphatic rings. The Bertz CT molecular complexity index is 472. The molecule has 0 aliphatic carbocycles. The molecule has 2 heteroatoms. The van der Waals surface area contributed by atoms with Crippen molar-refractivity contribution in [3.8, 4) is 0 Å². The van der Waals surface area contributed by atoms with Crippen LogP contribution in [0.25, 0.3) is 11.0 Å². The summed E-state index contributed by atoms with van der Waals surface area (Å²) in [4.78, 5) is 8.17. The van der Waals surface area contributed by atoms with Crippen molar-refractivity contribution >= 4 is 11.0 Å². The van der Waals surface area contributed by atoms with E-state index < -0.39 is 0 Å². The number of benzene rings is 1. The topological polar surface area (TPSA) is 28.7 Å². The molecule has 0 saturated carbocycles. The summed E-state index contributed by atoms with van der Waals surface area (Å²) in [6, 6.07) is 4.38. The molecule has 0 radical (unpaired) electrons. The van der Waals surface area contributed by atoms with Gasteiger partial charge in [0.15, 0.2) is 0 Å². The van der Waals surface area contributed by atoms with E-state index in [9.17, 15) is 0 Å². The first-order valence-electron chi connectivity index (χ1n) is 6.58. The van der Waals surface area contributed by atoms with Crippen molar-refractivity contribution in [3.05, 3.63) is 29.1 Å². The molecule has 0 spiro atoms. The van der Waals surface area contributed by atoms with Crippen molar-refractivity contribution in [2.45, 2.75) is 52.9 Å². The van der Waals surface area contributed by atoms with Crippen molar-refractivity contribution in [1.29, 1.82) is 0 Å². The third-order valence-corrected chi connectivity index (χ3v) is 3.57. The molecule has 1 atom stereocenters. The number of hydrogen-bond acceptors (Lipinski definition) is 1. The average molecular weight is 230 g/mol. The third-order valence-electron chi connectivity index (χ3n) is 3.57. The van der Waals surface area contributed by atoms with Crippen LogP contribution in [-0.4, -0.2) is 9.97 Å². The van der Waals surface area contributed by atoms with Gasteiger partial charge in [-0.05, 0) is 43.5 Å². The summed E-state index contributed by atoms with van der Waals surface area (Å²) in [5.41, 5.74) is 4.92. The predicted molar refractivity (Wildman–Crippen MR) is 73.5 cm³/mol. The van der Waals surface area contributed by atoms with Crippen molar-refractivity contribution in [2.24, 2.45) is 0 Å². The van der Waals surface area contributed by atoms with Gasteiger partial charge in [0.05, 0.1) is 11.0 Å². The normalized spacial score (nSPS) is 13.2. The molecule has 1 N–H and O–H groups in total. The maximum Gasteiger partial charge on any atom is 0.110 e. The summed E-state index contributed by atoms with van der Waals surface area (Å²) >= 11 is 0. The average Bonchev–Trinajstić information content (AvgIpc) is 2.69. The molecule has 1 aromatic heterocycles. The Labute approximate surface area is 103 Å². The number of aromatic nitrogens is 2. The van der Waals surface area contributed by atoms with Gasteiger partial charge in [-0.2, -0.15) is 0 Å². The van der Waals surface area contributed by atoms with Gasteiger partial charge in [0.2, 0.25) is 0 Å². The highest BCUT2D eigenvalue weighted by molar-refractivity contribution is 5.77. The maximum absolute atomic E-state index is 4.71. The van der Waals surface area contributed by atoms with Crippen molar-refractivity contribution in [2.75, 3.05) is 0 Å². The number of hydrogen-bond donors (Lipinski definition) is 1. The molecule has 0 bridgehead atoms. The molecule has 0 saturated heterocycles. The van der Waals surface area contributed by atoms with Gasteiger partial charge in [-0.15, -0.1) is 0 Å². The quantitative estimate of drug-likeness (QED) is 0.824. The number of aryl methyl sites for hydroxylation is 2. The van der Waals surface area contributed by atoms with Crippen LogP contribution in [0, 0.1) is 13.8 Å². The summed E-state index contributed by atoms with van der Waals surface area (Å²) in [6.07, 6.45) is 3.74. The van der Waals surface area contributed by atoms with Gasteiger partial charge in [0.25, 0.3) is 0 Å². The van der Waals surface area contributed by atoms with Gasteiger partial charge in [-0.1, -0.05) is 26.7 Å². The van der Waals surface area contributed by atoms with Crippen LogP contribution >= 0.6 is 0 Å². The lowest BCUT2D eigenvalue weighted by molar-refractivity contribution is 0.602. The van der Waals surface area contributed by atoms with Crippen LogP contribution in [-0.2, 0) is 0 Å². The number of nitrogens with zero attached hydrogens (tertiary/aromatic N) is 1. The van der Waals surface area contributed by atoms with Crippen LogP contribution < -0.4 is 0 Å². The van der Waals surface area contributed by atoms with Gasteiger partial charge < -0.3 is 4.98 Å². The van der Waals surface area contributed by atoms with E-state index in [1.165, 1.54) is 35.9 Å². The van der Waals surface area contributed by atoms with Crippen LogP contribution in [0.1, 0.15) is 56.0 Å². The lowest BCUT2D eigenvalue weighted by Gasteiger charge is -2.06. The molecular weight excluding hydrogens is 208 g/mol. The van der Waals surface area contributed by atoms with Crippen molar-refractivity contribution in [1.82, 2.24) is 9.97 Å². The largest absolute Gasteiger partial charge is 0.342 e. The van der Waals surface area contributed by atoms with Crippen molar-refractivity contribution in [3.63, 3.8) is 0 Å².